The summed E-state index contributed by atoms with van der Waals surface area (Å²) in [5, 5.41) is 0. The molecule has 0 bridgehead atoms. The third-order valence-electron chi connectivity index (χ3n) is 2.54. The molecule has 3 heteroatoms. The fourth-order valence-electron chi connectivity index (χ4n) is 1.61. The van der Waals surface area contributed by atoms with Gasteiger partial charge in [0.25, 0.3) is 0 Å². The second-order valence-corrected chi connectivity index (χ2v) is 3.67. The van der Waals surface area contributed by atoms with Gasteiger partial charge in [-0.1, -0.05) is 36.4 Å². The molecule has 0 aliphatic heterocycles. The maximum atomic E-state index is 13.0. The van der Waals surface area contributed by atoms with E-state index in [2.05, 4.69) is 0 Å². The van der Waals surface area contributed by atoms with Gasteiger partial charge in [-0.15, -0.1) is 0 Å². The van der Waals surface area contributed by atoms with Crippen molar-refractivity contribution in [3.05, 3.63) is 65.5 Å². The molecule has 16 heavy (non-hydrogen) atoms. The Balaban J connectivity index is 2.34. The normalized spacial score (nSPS) is 12.4. The molecule has 0 unspecified atom stereocenters. The van der Waals surface area contributed by atoms with Crippen molar-refractivity contribution in [3.63, 3.8) is 0 Å². The first kappa shape index (κ1) is 10.6. The largest absolute Gasteiger partial charge is 0.396 e. The molecule has 2 aromatic rings. The highest BCUT2D eigenvalue weighted by Gasteiger charge is 2.09. The molecule has 0 saturated heterocycles. The van der Waals surface area contributed by atoms with Crippen molar-refractivity contribution in [3.8, 4) is 0 Å². The lowest BCUT2D eigenvalue weighted by atomic mass is 9.99. The smallest absolute Gasteiger partial charge is 0.146 e. The lowest BCUT2D eigenvalue weighted by Gasteiger charge is -2.13. The van der Waals surface area contributed by atoms with Gasteiger partial charge in [0.1, 0.15) is 5.82 Å². The molecule has 1 atom stereocenters. The van der Waals surface area contributed by atoms with E-state index in [4.69, 9.17) is 11.5 Å². The highest BCUT2D eigenvalue weighted by atomic mass is 19.1. The third-order valence-corrected chi connectivity index (χ3v) is 2.54. The SMILES string of the molecule is Nc1cc([C@H](N)c2ccccc2)ccc1F. The van der Waals surface area contributed by atoms with Crippen LogP contribution in [0.3, 0.4) is 0 Å². The first-order valence-electron chi connectivity index (χ1n) is 5.04. The Kier molecular flexibility index (Phi) is 2.88. The second-order valence-electron chi connectivity index (χ2n) is 3.67. The van der Waals surface area contributed by atoms with E-state index in [0.29, 0.717) is 0 Å². The fraction of sp³-hybridized carbons (Fsp3) is 0.0769. The zero-order chi connectivity index (χ0) is 11.5. The van der Waals surface area contributed by atoms with Gasteiger partial charge in [-0.25, -0.2) is 4.39 Å². The molecule has 2 nitrogen and oxygen atoms in total. The number of hydrogen-bond acceptors (Lipinski definition) is 2. The highest BCUT2D eigenvalue weighted by molar-refractivity contribution is 5.45. The summed E-state index contributed by atoms with van der Waals surface area (Å²) in [4.78, 5) is 0. The second kappa shape index (κ2) is 4.33. The van der Waals surface area contributed by atoms with E-state index in [1.807, 2.05) is 30.3 Å². The van der Waals surface area contributed by atoms with E-state index in [0.717, 1.165) is 11.1 Å². The van der Waals surface area contributed by atoms with Crippen LogP contribution >= 0.6 is 0 Å². The van der Waals surface area contributed by atoms with Crippen LogP contribution in [0.25, 0.3) is 0 Å². The Morgan fingerprint density at radius 3 is 2.25 bits per heavy atom. The number of nitrogens with two attached hydrogens (primary N) is 2. The van der Waals surface area contributed by atoms with E-state index in [-0.39, 0.29) is 11.7 Å². The molecule has 0 aliphatic rings. The zero-order valence-electron chi connectivity index (χ0n) is 8.73. The predicted octanol–water partition coefficient (Wildman–Crippen LogP) is 2.46. The Morgan fingerprint density at radius 1 is 0.938 bits per heavy atom. The number of nitrogen functional groups attached to an aromatic ring is 1. The number of hydrogen-bond donors (Lipinski definition) is 2. The fourth-order valence-corrected chi connectivity index (χ4v) is 1.61. The van der Waals surface area contributed by atoms with Crippen molar-refractivity contribution in [1.82, 2.24) is 0 Å². The van der Waals surface area contributed by atoms with Crippen molar-refractivity contribution in [2.24, 2.45) is 5.73 Å². The van der Waals surface area contributed by atoms with Crippen molar-refractivity contribution in [2.45, 2.75) is 6.04 Å². The van der Waals surface area contributed by atoms with Gasteiger partial charge in [0.2, 0.25) is 0 Å². The first-order chi connectivity index (χ1) is 7.68. The molecule has 0 saturated carbocycles. The van der Waals surface area contributed by atoms with Gasteiger partial charge in [0, 0.05) is 0 Å². The summed E-state index contributed by atoms with van der Waals surface area (Å²) >= 11 is 0. The van der Waals surface area contributed by atoms with E-state index >= 15 is 0 Å². The van der Waals surface area contributed by atoms with Crippen molar-refractivity contribution < 1.29 is 4.39 Å². The average molecular weight is 216 g/mol. The van der Waals surface area contributed by atoms with Crippen LogP contribution in [0.1, 0.15) is 17.2 Å². The minimum absolute atomic E-state index is 0.129. The van der Waals surface area contributed by atoms with Crippen LogP contribution < -0.4 is 11.5 Å². The average Bonchev–Trinajstić information content (AvgIpc) is 2.33. The predicted molar refractivity (Wildman–Crippen MR) is 63.3 cm³/mol. The quantitative estimate of drug-likeness (QED) is 0.757. The summed E-state index contributed by atoms with van der Waals surface area (Å²) in [6.07, 6.45) is 0. The monoisotopic (exact) mass is 216 g/mol. The summed E-state index contributed by atoms with van der Waals surface area (Å²) < 4.78 is 13.0. The molecule has 0 aromatic heterocycles. The lowest BCUT2D eigenvalue weighted by molar-refractivity contribution is 0.631. The molecule has 0 heterocycles. The minimum Gasteiger partial charge on any atom is -0.396 e. The van der Waals surface area contributed by atoms with Crippen LogP contribution in [0.2, 0.25) is 0 Å². The molecule has 0 spiro atoms. The van der Waals surface area contributed by atoms with E-state index in [9.17, 15) is 4.39 Å². The maximum absolute atomic E-state index is 13.0. The highest BCUT2D eigenvalue weighted by Crippen LogP contribution is 2.22. The van der Waals surface area contributed by atoms with Gasteiger partial charge in [-0.3, -0.25) is 0 Å². The number of halogens is 1. The van der Waals surface area contributed by atoms with Crippen LogP contribution in [-0.2, 0) is 0 Å². The summed E-state index contributed by atoms with van der Waals surface area (Å²) in [5.41, 5.74) is 13.5. The van der Waals surface area contributed by atoms with Crippen LogP contribution in [0.5, 0.6) is 0 Å². The summed E-state index contributed by atoms with van der Waals surface area (Å²) in [6.45, 7) is 0. The molecule has 4 N–H and O–H groups in total. The minimum atomic E-state index is -0.413. The zero-order valence-corrected chi connectivity index (χ0v) is 8.73. The van der Waals surface area contributed by atoms with E-state index in [1.54, 1.807) is 12.1 Å². The molecule has 0 amide bonds. The Hall–Kier alpha value is -1.87. The van der Waals surface area contributed by atoms with Gasteiger partial charge >= 0.3 is 0 Å². The molecule has 0 radical (unpaired) electrons. The van der Waals surface area contributed by atoms with Crippen molar-refractivity contribution in [1.29, 1.82) is 0 Å². The van der Waals surface area contributed by atoms with Gasteiger partial charge < -0.3 is 11.5 Å². The van der Waals surface area contributed by atoms with Gasteiger partial charge in [0.15, 0.2) is 0 Å². The summed E-state index contributed by atoms with van der Waals surface area (Å²) in [7, 11) is 0. The van der Waals surface area contributed by atoms with Crippen LogP contribution in [0.4, 0.5) is 10.1 Å². The lowest BCUT2D eigenvalue weighted by Crippen LogP contribution is -2.12. The summed E-state index contributed by atoms with van der Waals surface area (Å²) in [5.74, 6) is -0.413. The number of rotatable bonds is 2. The molecule has 0 fully saturated rings. The van der Waals surface area contributed by atoms with Gasteiger partial charge in [-0.05, 0) is 23.3 Å². The van der Waals surface area contributed by atoms with Crippen LogP contribution in [-0.4, -0.2) is 0 Å². The Morgan fingerprint density at radius 2 is 1.62 bits per heavy atom. The topological polar surface area (TPSA) is 52.0 Å². The van der Waals surface area contributed by atoms with Gasteiger partial charge in [-0.2, -0.15) is 0 Å². The molecule has 2 rings (SSSR count). The van der Waals surface area contributed by atoms with Crippen LogP contribution in [0.15, 0.2) is 48.5 Å². The maximum Gasteiger partial charge on any atom is 0.146 e. The van der Waals surface area contributed by atoms with E-state index < -0.39 is 5.82 Å². The standard InChI is InChI=1S/C13H13FN2/c14-11-7-6-10(8-12(11)15)13(16)9-4-2-1-3-5-9/h1-8,13H,15-16H2/t13-/m1/s1. The van der Waals surface area contributed by atoms with E-state index in [1.165, 1.54) is 6.07 Å². The molecular formula is C13H13FN2. The number of anilines is 1. The van der Waals surface area contributed by atoms with Crippen molar-refractivity contribution >= 4 is 5.69 Å². The molecule has 2 aromatic carbocycles. The molecule has 0 aliphatic carbocycles. The first-order valence-corrected chi connectivity index (χ1v) is 5.04. The van der Waals surface area contributed by atoms with Gasteiger partial charge in [0.05, 0.1) is 11.7 Å². The molecule has 82 valence electrons. The molecular weight excluding hydrogens is 203 g/mol. The van der Waals surface area contributed by atoms with Crippen molar-refractivity contribution in [2.75, 3.05) is 5.73 Å². The Bertz CT molecular complexity index is 483. The number of benzene rings is 2. The third kappa shape index (κ3) is 2.04. The van der Waals surface area contributed by atoms with Crippen LogP contribution in [0, 0.1) is 5.82 Å². The summed E-state index contributed by atoms with van der Waals surface area (Å²) in [6, 6.07) is 13.9. The Labute approximate surface area is 93.7 Å².